The second kappa shape index (κ2) is 8.82. The number of rotatable bonds is 5. The Morgan fingerprint density at radius 1 is 1.19 bits per heavy atom. The number of thiocarbonyl (C=S) groups is 1. The number of carbonyl (C=O) groups excluding carboxylic acids is 2. The molecule has 7 heteroatoms. The fraction of sp³-hybridized carbons (Fsp3) is 0.150. The molecule has 2 amide bonds. The number of nitrogens with one attached hydrogen (secondary N) is 1. The van der Waals surface area contributed by atoms with Crippen molar-refractivity contribution in [2.45, 2.75) is 13.3 Å². The van der Waals surface area contributed by atoms with Gasteiger partial charge in [-0.2, -0.15) is 0 Å². The summed E-state index contributed by atoms with van der Waals surface area (Å²) in [7, 11) is 0. The molecule has 1 fully saturated rings. The number of aryl methyl sites for hydroxylation is 1. The highest BCUT2D eigenvalue weighted by molar-refractivity contribution is 9.10. The summed E-state index contributed by atoms with van der Waals surface area (Å²) < 4.78 is 1.42. The van der Waals surface area contributed by atoms with E-state index in [1.165, 1.54) is 16.7 Å². The molecule has 0 bridgehead atoms. The van der Waals surface area contributed by atoms with Crippen molar-refractivity contribution >= 4 is 67.8 Å². The first-order valence-corrected chi connectivity index (χ1v) is 10.3. The van der Waals surface area contributed by atoms with Gasteiger partial charge in [-0.3, -0.25) is 14.5 Å². The zero-order valence-corrected chi connectivity index (χ0v) is 17.8. The molecule has 1 heterocycles. The van der Waals surface area contributed by atoms with Crippen LogP contribution < -0.4 is 5.32 Å². The van der Waals surface area contributed by atoms with Crippen LogP contribution in [0.25, 0.3) is 6.08 Å². The quantitative estimate of drug-likeness (QED) is 0.504. The van der Waals surface area contributed by atoms with E-state index in [1.54, 1.807) is 0 Å². The molecule has 0 spiro atoms. The van der Waals surface area contributed by atoms with Crippen LogP contribution in [0, 0.1) is 6.92 Å². The molecule has 1 aliphatic rings. The van der Waals surface area contributed by atoms with Crippen molar-refractivity contribution in [2.24, 2.45) is 0 Å². The molecule has 3 rings (SSSR count). The Bertz CT molecular complexity index is 909. The molecule has 1 saturated heterocycles. The van der Waals surface area contributed by atoms with Gasteiger partial charge in [0.15, 0.2) is 0 Å². The van der Waals surface area contributed by atoms with E-state index < -0.39 is 0 Å². The Balaban J connectivity index is 1.59. The summed E-state index contributed by atoms with van der Waals surface area (Å²) in [5, 5.41) is 2.82. The molecule has 138 valence electrons. The van der Waals surface area contributed by atoms with Crippen molar-refractivity contribution < 1.29 is 9.59 Å². The van der Waals surface area contributed by atoms with Gasteiger partial charge in [0.25, 0.3) is 5.91 Å². The van der Waals surface area contributed by atoms with Crippen LogP contribution in [0.3, 0.4) is 0 Å². The van der Waals surface area contributed by atoms with Crippen LogP contribution in [0.4, 0.5) is 5.69 Å². The van der Waals surface area contributed by atoms with E-state index >= 15 is 0 Å². The van der Waals surface area contributed by atoms with Crippen LogP contribution in [0.15, 0.2) is 57.9 Å². The molecular weight excluding hydrogens is 444 g/mol. The molecule has 1 N–H and O–H groups in total. The highest BCUT2D eigenvalue weighted by Gasteiger charge is 2.32. The lowest BCUT2D eigenvalue weighted by molar-refractivity contribution is -0.122. The monoisotopic (exact) mass is 460 g/mol. The summed E-state index contributed by atoms with van der Waals surface area (Å²) >= 11 is 9.94. The van der Waals surface area contributed by atoms with E-state index in [0.29, 0.717) is 14.9 Å². The van der Waals surface area contributed by atoms with Crippen LogP contribution in [0.1, 0.15) is 17.5 Å². The number of carbonyl (C=O) groups is 2. The lowest BCUT2D eigenvalue weighted by atomic mass is 10.1. The van der Waals surface area contributed by atoms with Crippen molar-refractivity contribution in [3.63, 3.8) is 0 Å². The molecule has 1 aliphatic heterocycles. The smallest absolute Gasteiger partial charge is 0.266 e. The van der Waals surface area contributed by atoms with Gasteiger partial charge in [-0.05, 0) is 42.8 Å². The van der Waals surface area contributed by atoms with Crippen LogP contribution in [-0.4, -0.2) is 27.6 Å². The Morgan fingerprint density at radius 2 is 1.85 bits per heavy atom. The largest absolute Gasteiger partial charge is 0.326 e. The third-order valence-electron chi connectivity index (χ3n) is 3.94. The molecule has 0 radical (unpaired) electrons. The first kappa shape index (κ1) is 19.8. The number of nitrogens with zero attached hydrogens (tertiary/aromatic N) is 1. The van der Waals surface area contributed by atoms with Gasteiger partial charge < -0.3 is 5.32 Å². The summed E-state index contributed by atoms with van der Waals surface area (Å²) in [5.41, 5.74) is 2.83. The third-order valence-corrected chi connectivity index (χ3v) is 5.85. The fourth-order valence-electron chi connectivity index (χ4n) is 2.48. The van der Waals surface area contributed by atoms with Gasteiger partial charge >= 0.3 is 0 Å². The van der Waals surface area contributed by atoms with Crippen LogP contribution in [0.5, 0.6) is 0 Å². The predicted molar refractivity (Wildman–Crippen MR) is 118 cm³/mol. The molecule has 4 nitrogen and oxygen atoms in total. The first-order chi connectivity index (χ1) is 12.9. The summed E-state index contributed by atoms with van der Waals surface area (Å²) in [4.78, 5) is 26.8. The Kier molecular flexibility index (Phi) is 6.46. The van der Waals surface area contributed by atoms with Gasteiger partial charge in [0.2, 0.25) is 5.91 Å². The van der Waals surface area contributed by atoms with Gasteiger partial charge in [0, 0.05) is 23.1 Å². The zero-order valence-electron chi connectivity index (χ0n) is 14.6. The summed E-state index contributed by atoms with van der Waals surface area (Å²) in [6.45, 7) is 2.28. The van der Waals surface area contributed by atoms with E-state index in [1.807, 2.05) is 61.5 Å². The SMILES string of the molecule is Cc1ccc(/C=C2/SC(=S)N(CCC(=O)Nc3ccc(Br)cc3)C2=O)cc1. The molecule has 27 heavy (non-hydrogen) atoms. The van der Waals surface area contributed by atoms with Gasteiger partial charge in [0.1, 0.15) is 4.32 Å². The first-order valence-electron chi connectivity index (χ1n) is 8.30. The van der Waals surface area contributed by atoms with E-state index in [0.717, 1.165) is 15.6 Å². The molecule has 2 aromatic rings. The zero-order chi connectivity index (χ0) is 19.4. The van der Waals surface area contributed by atoms with E-state index in [2.05, 4.69) is 21.2 Å². The number of hydrogen-bond donors (Lipinski definition) is 1. The lowest BCUT2D eigenvalue weighted by Gasteiger charge is -2.14. The molecule has 0 aliphatic carbocycles. The van der Waals surface area contributed by atoms with Crippen molar-refractivity contribution in [2.75, 3.05) is 11.9 Å². The maximum atomic E-state index is 12.6. The summed E-state index contributed by atoms with van der Waals surface area (Å²) in [6.07, 6.45) is 2.01. The van der Waals surface area contributed by atoms with Crippen molar-refractivity contribution in [3.8, 4) is 0 Å². The standard InChI is InChI=1S/C20H17BrN2O2S2/c1-13-2-4-14(5-3-13)12-17-19(25)23(20(26)27-17)11-10-18(24)22-16-8-6-15(21)7-9-16/h2-9,12H,10-11H2,1H3,(H,22,24)/b17-12+. The van der Waals surface area contributed by atoms with Crippen LogP contribution in [0.2, 0.25) is 0 Å². The van der Waals surface area contributed by atoms with Crippen molar-refractivity contribution in [1.29, 1.82) is 0 Å². The second-order valence-corrected chi connectivity index (χ2v) is 8.64. The minimum absolute atomic E-state index is 0.151. The van der Waals surface area contributed by atoms with Gasteiger partial charge in [-0.1, -0.05) is 69.7 Å². The van der Waals surface area contributed by atoms with Crippen LogP contribution in [-0.2, 0) is 9.59 Å². The van der Waals surface area contributed by atoms with E-state index in [4.69, 9.17) is 12.2 Å². The summed E-state index contributed by atoms with van der Waals surface area (Å²) in [6, 6.07) is 15.3. The highest BCUT2D eigenvalue weighted by Crippen LogP contribution is 2.32. The molecule has 0 aromatic heterocycles. The average molecular weight is 461 g/mol. The topological polar surface area (TPSA) is 49.4 Å². The molecule has 2 aromatic carbocycles. The highest BCUT2D eigenvalue weighted by atomic mass is 79.9. The van der Waals surface area contributed by atoms with Crippen molar-refractivity contribution in [3.05, 3.63) is 69.0 Å². The maximum absolute atomic E-state index is 12.6. The Labute approximate surface area is 176 Å². The number of amides is 2. The lowest BCUT2D eigenvalue weighted by Crippen LogP contribution is -2.31. The van der Waals surface area contributed by atoms with E-state index in [9.17, 15) is 9.59 Å². The van der Waals surface area contributed by atoms with Gasteiger partial charge in [-0.15, -0.1) is 0 Å². The van der Waals surface area contributed by atoms with E-state index in [-0.39, 0.29) is 24.8 Å². The predicted octanol–water partition coefficient (Wildman–Crippen LogP) is 4.99. The minimum atomic E-state index is -0.158. The fourth-order valence-corrected chi connectivity index (χ4v) is 4.05. The molecular formula is C20H17BrN2O2S2. The maximum Gasteiger partial charge on any atom is 0.266 e. The second-order valence-electron chi connectivity index (χ2n) is 6.05. The molecule has 0 atom stereocenters. The number of anilines is 1. The molecule has 0 saturated carbocycles. The minimum Gasteiger partial charge on any atom is -0.326 e. The number of halogens is 1. The van der Waals surface area contributed by atoms with Crippen LogP contribution >= 0.6 is 39.9 Å². The number of benzene rings is 2. The summed E-state index contributed by atoms with van der Waals surface area (Å²) in [5.74, 6) is -0.309. The number of hydrogen-bond acceptors (Lipinski definition) is 4. The van der Waals surface area contributed by atoms with Crippen molar-refractivity contribution in [1.82, 2.24) is 4.90 Å². The molecule has 0 unspecified atom stereocenters. The van der Waals surface area contributed by atoms with Gasteiger partial charge in [-0.25, -0.2) is 0 Å². The number of thioether (sulfide) groups is 1. The Morgan fingerprint density at radius 3 is 2.52 bits per heavy atom. The third kappa shape index (κ3) is 5.28. The normalized spacial score (nSPS) is 15.5. The average Bonchev–Trinajstić information content (AvgIpc) is 2.90. The van der Waals surface area contributed by atoms with Gasteiger partial charge in [0.05, 0.1) is 4.91 Å². The Hall–Kier alpha value is -1.96.